The first kappa shape index (κ1) is 16.1. The van der Waals surface area contributed by atoms with Crippen LogP contribution in [0.4, 0.5) is 13.2 Å². The summed E-state index contributed by atoms with van der Waals surface area (Å²) in [4.78, 5) is 0. The van der Waals surface area contributed by atoms with E-state index in [0.29, 0.717) is 5.75 Å². The first-order valence-corrected chi connectivity index (χ1v) is 5.98. The molecule has 1 aromatic rings. The molecule has 0 bridgehead atoms. The van der Waals surface area contributed by atoms with Gasteiger partial charge in [0.2, 0.25) is 0 Å². The van der Waals surface area contributed by atoms with Gasteiger partial charge in [-0.3, -0.25) is 0 Å². The van der Waals surface area contributed by atoms with Crippen LogP contribution in [0.2, 0.25) is 0 Å². The van der Waals surface area contributed by atoms with Crippen molar-refractivity contribution < 1.29 is 17.9 Å². The standard InChI is InChI=1S/C13H16F3NO.ClH/c1-18-12-7-10(13(14,15)16)4-5-11(12)9-3-2-6-17-8-9;/h4-5,7,9,17H,2-3,6,8H2,1H3;1H. The fraction of sp³-hybridized carbons (Fsp3) is 0.538. The van der Waals surface area contributed by atoms with Crippen LogP contribution in [0.1, 0.15) is 29.9 Å². The summed E-state index contributed by atoms with van der Waals surface area (Å²) in [6.07, 6.45) is -2.31. The number of hydrogen-bond donors (Lipinski definition) is 1. The Morgan fingerprint density at radius 1 is 1.32 bits per heavy atom. The van der Waals surface area contributed by atoms with E-state index in [-0.39, 0.29) is 18.3 Å². The van der Waals surface area contributed by atoms with E-state index in [1.54, 1.807) is 6.07 Å². The van der Waals surface area contributed by atoms with Gasteiger partial charge in [0, 0.05) is 12.5 Å². The number of alkyl halides is 3. The molecule has 19 heavy (non-hydrogen) atoms. The van der Waals surface area contributed by atoms with Gasteiger partial charge in [-0.15, -0.1) is 12.4 Å². The van der Waals surface area contributed by atoms with Crippen LogP contribution in [-0.4, -0.2) is 20.2 Å². The van der Waals surface area contributed by atoms with Crippen LogP contribution < -0.4 is 10.1 Å². The number of rotatable bonds is 2. The highest BCUT2D eigenvalue weighted by atomic mass is 35.5. The maximum absolute atomic E-state index is 12.6. The molecule has 1 saturated heterocycles. The largest absolute Gasteiger partial charge is 0.496 e. The van der Waals surface area contributed by atoms with Crippen molar-refractivity contribution in [3.8, 4) is 5.75 Å². The van der Waals surface area contributed by atoms with Crippen LogP contribution >= 0.6 is 12.4 Å². The van der Waals surface area contributed by atoms with Crippen molar-refractivity contribution in [3.05, 3.63) is 29.3 Å². The molecule has 1 atom stereocenters. The van der Waals surface area contributed by atoms with Crippen molar-refractivity contribution in [3.63, 3.8) is 0 Å². The number of benzene rings is 1. The van der Waals surface area contributed by atoms with Gasteiger partial charge in [0.1, 0.15) is 5.75 Å². The van der Waals surface area contributed by atoms with Crippen LogP contribution in [0.5, 0.6) is 5.75 Å². The van der Waals surface area contributed by atoms with Crippen LogP contribution in [0.25, 0.3) is 0 Å². The van der Waals surface area contributed by atoms with Gasteiger partial charge in [-0.25, -0.2) is 0 Å². The van der Waals surface area contributed by atoms with Crippen LogP contribution in [0.3, 0.4) is 0 Å². The van der Waals surface area contributed by atoms with Crippen molar-refractivity contribution in [2.45, 2.75) is 24.9 Å². The van der Waals surface area contributed by atoms with E-state index in [9.17, 15) is 13.2 Å². The molecule has 6 heteroatoms. The number of halogens is 4. The molecular weight excluding hydrogens is 279 g/mol. The molecule has 1 aliphatic heterocycles. The molecule has 0 saturated carbocycles. The lowest BCUT2D eigenvalue weighted by Gasteiger charge is -2.25. The zero-order chi connectivity index (χ0) is 13.2. The van der Waals surface area contributed by atoms with Gasteiger partial charge < -0.3 is 10.1 Å². The second kappa shape index (κ2) is 6.48. The molecule has 1 N–H and O–H groups in total. The fourth-order valence-electron chi connectivity index (χ4n) is 2.34. The Hall–Kier alpha value is -0.940. The van der Waals surface area contributed by atoms with E-state index in [0.717, 1.165) is 43.6 Å². The molecule has 1 fully saturated rings. The first-order valence-electron chi connectivity index (χ1n) is 5.98. The number of methoxy groups -OCH3 is 1. The summed E-state index contributed by atoms with van der Waals surface area (Å²) in [5.74, 6) is 0.564. The quantitative estimate of drug-likeness (QED) is 0.900. The Morgan fingerprint density at radius 3 is 2.58 bits per heavy atom. The molecular formula is C13H17ClF3NO. The molecule has 108 valence electrons. The van der Waals surface area contributed by atoms with E-state index in [1.165, 1.54) is 7.11 Å². The topological polar surface area (TPSA) is 21.3 Å². The lowest BCUT2D eigenvalue weighted by molar-refractivity contribution is -0.137. The molecule has 0 aliphatic carbocycles. The van der Waals surface area contributed by atoms with Crippen molar-refractivity contribution in [1.29, 1.82) is 0 Å². The Morgan fingerprint density at radius 2 is 2.05 bits per heavy atom. The minimum Gasteiger partial charge on any atom is -0.496 e. The normalized spacial score (nSPS) is 19.7. The van der Waals surface area contributed by atoms with Crippen molar-refractivity contribution >= 4 is 12.4 Å². The number of ether oxygens (including phenoxy) is 1. The highest BCUT2D eigenvalue weighted by Crippen LogP contribution is 2.37. The second-order valence-corrected chi connectivity index (χ2v) is 4.50. The molecule has 0 amide bonds. The molecule has 1 aliphatic rings. The summed E-state index contributed by atoms with van der Waals surface area (Å²) in [6, 6.07) is 3.76. The highest BCUT2D eigenvalue weighted by Gasteiger charge is 2.32. The van der Waals surface area contributed by atoms with Gasteiger partial charge in [0.25, 0.3) is 0 Å². The Bertz CT molecular complexity index is 417. The van der Waals surface area contributed by atoms with Crippen LogP contribution in [0.15, 0.2) is 18.2 Å². The molecule has 2 rings (SSSR count). The number of nitrogens with one attached hydrogen (secondary N) is 1. The van der Waals surface area contributed by atoms with Crippen molar-refractivity contribution in [1.82, 2.24) is 5.32 Å². The lowest BCUT2D eigenvalue weighted by atomic mass is 9.90. The molecule has 1 aromatic carbocycles. The van der Waals surface area contributed by atoms with Crippen LogP contribution in [0, 0.1) is 0 Å². The van der Waals surface area contributed by atoms with E-state index in [2.05, 4.69) is 5.32 Å². The van der Waals surface area contributed by atoms with E-state index >= 15 is 0 Å². The van der Waals surface area contributed by atoms with Gasteiger partial charge in [0.15, 0.2) is 0 Å². The minimum absolute atomic E-state index is 0. The molecule has 0 radical (unpaired) electrons. The predicted octanol–water partition coefficient (Wildman–Crippen LogP) is 3.60. The zero-order valence-corrected chi connectivity index (χ0v) is 11.4. The average Bonchev–Trinajstić information content (AvgIpc) is 2.38. The summed E-state index contributed by atoms with van der Waals surface area (Å²) >= 11 is 0. The van der Waals surface area contributed by atoms with Crippen molar-refractivity contribution in [2.75, 3.05) is 20.2 Å². The minimum atomic E-state index is -4.32. The third kappa shape index (κ3) is 3.76. The summed E-state index contributed by atoms with van der Waals surface area (Å²) in [5, 5.41) is 3.25. The lowest BCUT2D eigenvalue weighted by Crippen LogP contribution is -2.28. The van der Waals surface area contributed by atoms with Gasteiger partial charge in [-0.05, 0) is 37.1 Å². The predicted molar refractivity (Wildman–Crippen MR) is 70.1 cm³/mol. The van der Waals surface area contributed by atoms with Gasteiger partial charge in [0.05, 0.1) is 12.7 Å². The molecule has 0 spiro atoms. The molecule has 0 aromatic heterocycles. The van der Waals surface area contributed by atoms with Crippen molar-refractivity contribution in [2.24, 2.45) is 0 Å². The summed E-state index contributed by atoms with van der Waals surface area (Å²) < 4.78 is 42.9. The summed E-state index contributed by atoms with van der Waals surface area (Å²) in [6.45, 7) is 1.77. The third-order valence-electron chi connectivity index (χ3n) is 3.30. The fourth-order valence-corrected chi connectivity index (χ4v) is 2.34. The summed E-state index contributed by atoms with van der Waals surface area (Å²) in [5.41, 5.74) is 0.199. The van der Waals surface area contributed by atoms with Gasteiger partial charge in [-0.1, -0.05) is 6.07 Å². The molecule has 2 nitrogen and oxygen atoms in total. The molecule has 1 unspecified atom stereocenters. The Balaban J connectivity index is 0.00000180. The zero-order valence-electron chi connectivity index (χ0n) is 10.6. The van der Waals surface area contributed by atoms with Gasteiger partial charge >= 0.3 is 6.18 Å². The first-order chi connectivity index (χ1) is 8.52. The van der Waals surface area contributed by atoms with Crippen LogP contribution in [-0.2, 0) is 6.18 Å². The van der Waals surface area contributed by atoms with Gasteiger partial charge in [-0.2, -0.15) is 13.2 Å². The van der Waals surface area contributed by atoms with E-state index in [1.807, 2.05) is 0 Å². The Kier molecular flexibility index (Phi) is 5.50. The number of hydrogen-bond acceptors (Lipinski definition) is 2. The SMILES string of the molecule is COc1cc(C(F)(F)F)ccc1C1CCCNC1.Cl. The average molecular weight is 296 g/mol. The maximum atomic E-state index is 12.6. The summed E-state index contributed by atoms with van der Waals surface area (Å²) in [7, 11) is 1.41. The second-order valence-electron chi connectivity index (χ2n) is 4.50. The Labute approximate surface area is 116 Å². The molecule has 1 heterocycles. The van der Waals surface area contributed by atoms with E-state index in [4.69, 9.17) is 4.74 Å². The third-order valence-corrected chi connectivity index (χ3v) is 3.30. The smallest absolute Gasteiger partial charge is 0.416 e. The monoisotopic (exact) mass is 295 g/mol. The number of piperidine rings is 1. The maximum Gasteiger partial charge on any atom is 0.416 e. The highest BCUT2D eigenvalue weighted by molar-refractivity contribution is 5.85. The van der Waals surface area contributed by atoms with E-state index < -0.39 is 11.7 Å².